The van der Waals surface area contributed by atoms with Gasteiger partial charge in [0.25, 0.3) is 10.0 Å². The van der Waals surface area contributed by atoms with Crippen LogP contribution in [-0.2, 0) is 10.0 Å². The molecule has 0 amide bonds. The summed E-state index contributed by atoms with van der Waals surface area (Å²) in [4.78, 5) is 6.96. The van der Waals surface area contributed by atoms with Crippen LogP contribution in [0.25, 0.3) is 4.96 Å². The standard InChI is InChI=1S/C11H18N6O2S2/c1-8-7-16(4-3-15(8)2)21(18,19)10-9(14-12)13-11-17(10)5-6-20-11/h5-6,8,14H,3-4,7,12H2,1-2H3. The molecule has 0 aromatic carbocycles. The van der Waals surface area contributed by atoms with Gasteiger partial charge in [0.05, 0.1) is 0 Å². The summed E-state index contributed by atoms with van der Waals surface area (Å²) in [7, 11) is -1.65. The van der Waals surface area contributed by atoms with E-state index >= 15 is 0 Å². The van der Waals surface area contributed by atoms with Crippen molar-refractivity contribution in [2.45, 2.75) is 18.0 Å². The van der Waals surface area contributed by atoms with Crippen LogP contribution >= 0.6 is 11.3 Å². The van der Waals surface area contributed by atoms with E-state index in [2.05, 4.69) is 15.3 Å². The third-order valence-corrected chi connectivity index (χ3v) is 6.51. The van der Waals surface area contributed by atoms with Crippen molar-refractivity contribution in [1.82, 2.24) is 18.6 Å². The van der Waals surface area contributed by atoms with Crippen LogP contribution in [0.5, 0.6) is 0 Å². The molecular weight excluding hydrogens is 312 g/mol. The lowest BCUT2D eigenvalue weighted by Gasteiger charge is -2.36. The van der Waals surface area contributed by atoms with E-state index in [1.165, 1.54) is 15.6 Å². The van der Waals surface area contributed by atoms with Crippen molar-refractivity contribution in [2.24, 2.45) is 5.84 Å². The second-order valence-electron chi connectivity index (χ2n) is 5.16. The Hall–Kier alpha value is -1.20. The van der Waals surface area contributed by atoms with Gasteiger partial charge < -0.3 is 10.3 Å². The molecular formula is C11H18N6O2S2. The summed E-state index contributed by atoms with van der Waals surface area (Å²) in [6, 6.07) is 0.175. The first kappa shape index (κ1) is 14.7. The predicted octanol–water partition coefficient (Wildman–Crippen LogP) is 0.00600. The maximum atomic E-state index is 12.9. The minimum absolute atomic E-state index is 0.109. The Balaban J connectivity index is 2.06. The smallest absolute Gasteiger partial charge is 0.263 e. The molecule has 1 atom stereocenters. The fourth-order valence-electron chi connectivity index (χ4n) is 2.46. The molecule has 3 N–H and O–H groups in total. The van der Waals surface area contributed by atoms with Gasteiger partial charge in [0.1, 0.15) is 0 Å². The van der Waals surface area contributed by atoms with Gasteiger partial charge in [-0.25, -0.2) is 14.3 Å². The predicted molar refractivity (Wildman–Crippen MR) is 81.7 cm³/mol. The second kappa shape index (κ2) is 5.21. The van der Waals surface area contributed by atoms with Crippen LogP contribution in [0.2, 0.25) is 0 Å². The number of hydrogen-bond donors (Lipinski definition) is 2. The number of hydrogen-bond acceptors (Lipinski definition) is 7. The first-order chi connectivity index (χ1) is 9.95. The Labute approximate surface area is 127 Å². The third-order valence-electron chi connectivity index (χ3n) is 3.86. The molecule has 0 bridgehead atoms. The first-order valence-electron chi connectivity index (χ1n) is 6.57. The van der Waals surface area contributed by atoms with E-state index in [-0.39, 0.29) is 16.9 Å². The fraction of sp³-hybridized carbons (Fsp3) is 0.545. The zero-order valence-corrected chi connectivity index (χ0v) is 13.5. The Morgan fingerprint density at radius 1 is 1.48 bits per heavy atom. The number of rotatable bonds is 3. The Morgan fingerprint density at radius 2 is 2.24 bits per heavy atom. The molecule has 1 unspecified atom stereocenters. The molecule has 8 nitrogen and oxygen atoms in total. The molecule has 1 aliphatic rings. The van der Waals surface area contributed by atoms with Gasteiger partial charge in [-0.05, 0) is 14.0 Å². The Morgan fingerprint density at radius 3 is 2.90 bits per heavy atom. The van der Waals surface area contributed by atoms with Gasteiger partial charge in [-0.2, -0.15) is 9.29 Å². The van der Waals surface area contributed by atoms with Gasteiger partial charge in [0.15, 0.2) is 10.8 Å². The Kier molecular flexibility index (Phi) is 3.66. The number of nitrogen functional groups attached to an aromatic ring is 1. The van der Waals surface area contributed by atoms with Crippen LogP contribution in [0.15, 0.2) is 16.6 Å². The highest BCUT2D eigenvalue weighted by atomic mass is 32.2. The van der Waals surface area contributed by atoms with Gasteiger partial charge in [-0.1, -0.05) is 0 Å². The molecule has 0 radical (unpaired) electrons. The lowest BCUT2D eigenvalue weighted by Crippen LogP contribution is -2.52. The molecule has 3 rings (SSSR count). The molecule has 0 saturated carbocycles. The topological polar surface area (TPSA) is 96.0 Å². The summed E-state index contributed by atoms with van der Waals surface area (Å²) in [5.41, 5.74) is 2.39. The SMILES string of the molecule is CC1CN(S(=O)(=O)c2c(NN)nc3sccn23)CCN1C. The van der Waals surface area contributed by atoms with E-state index in [9.17, 15) is 8.42 Å². The summed E-state index contributed by atoms with van der Waals surface area (Å²) < 4.78 is 29.0. The van der Waals surface area contributed by atoms with Crippen LogP contribution in [0.1, 0.15) is 6.92 Å². The quantitative estimate of drug-likeness (QED) is 0.608. The second-order valence-corrected chi connectivity index (χ2v) is 7.88. The number of imidazole rings is 1. The van der Waals surface area contributed by atoms with Crippen LogP contribution in [0.3, 0.4) is 0 Å². The van der Waals surface area contributed by atoms with Crippen molar-refractivity contribution in [1.29, 1.82) is 0 Å². The average Bonchev–Trinajstić information content (AvgIpc) is 3.00. The molecule has 0 aliphatic carbocycles. The molecule has 2 aromatic heterocycles. The number of hydrazine groups is 1. The number of anilines is 1. The summed E-state index contributed by atoms with van der Waals surface area (Å²) >= 11 is 1.37. The molecule has 116 valence electrons. The average molecular weight is 330 g/mol. The third kappa shape index (κ3) is 2.32. The number of nitrogens with two attached hydrogens (primary N) is 1. The van der Waals surface area contributed by atoms with E-state index in [1.807, 2.05) is 14.0 Å². The lowest BCUT2D eigenvalue weighted by molar-refractivity contribution is 0.159. The number of sulfonamides is 1. The molecule has 1 fully saturated rings. The maximum absolute atomic E-state index is 12.9. The molecule has 10 heteroatoms. The minimum Gasteiger partial charge on any atom is -0.306 e. The zero-order valence-electron chi connectivity index (χ0n) is 11.9. The minimum atomic E-state index is -3.64. The molecule has 21 heavy (non-hydrogen) atoms. The number of piperazine rings is 1. The molecule has 1 saturated heterocycles. The van der Waals surface area contributed by atoms with Crippen LogP contribution in [0.4, 0.5) is 5.82 Å². The van der Waals surface area contributed by atoms with E-state index in [1.54, 1.807) is 16.0 Å². The molecule has 3 heterocycles. The number of nitrogens with zero attached hydrogens (tertiary/aromatic N) is 4. The molecule has 1 aliphatic heterocycles. The zero-order chi connectivity index (χ0) is 15.2. The highest BCUT2D eigenvalue weighted by Crippen LogP contribution is 2.28. The van der Waals surface area contributed by atoms with Gasteiger partial charge in [-0.15, -0.1) is 11.3 Å². The Bertz CT molecular complexity index is 752. The summed E-state index contributed by atoms with van der Waals surface area (Å²) in [5, 5.41) is 1.91. The number of thiazole rings is 1. The highest BCUT2D eigenvalue weighted by Gasteiger charge is 2.35. The van der Waals surface area contributed by atoms with Crippen molar-refractivity contribution in [2.75, 3.05) is 32.1 Å². The lowest BCUT2D eigenvalue weighted by atomic mass is 10.2. The number of likely N-dealkylation sites (N-methyl/N-ethyl adjacent to an activating group) is 1. The first-order valence-corrected chi connectivity index (χ1v) is 8.89. The fourth-order valence-corrected chi connectivity index (χ4v) is 4.96. The van der Waals surface area contributed by atoms with Crippen molar-refractivity contribution in [3.63, 3.8) is 0 Å². The van der Waals surface area contributed by atoms with Crippen LogP contribution in [0, 0.1) is 0 Å². The van der Waals surface area contributed by atoms with Crippen LogP contribution < -0.4 is 11.3 Å². The van der Waals surface area contributed by atoms with Crippen molar-refractivity contribution < 1.29 is 8.42 Å². The molecule has 2 aromatic rings. The van der Waals surface area contributed by atoms with Gasteiger partial charge in [0, 0.05) is 37.3 Å². The van der Waals surface area contributed by atoms with Crippen LogP contribution in [-0.4, -0.2) is 59.7 Å². The maximum Gasteiger partial charge on any atom is 0.263 e. The normalized spacial score (nSPS) is 22.0. The van der Waals surface area contributed by atoms with E-state index in [4.69, 9.17) is 5.84 Å². The van der Waals surface area contributed by atoms with Crippen molar-refractivity contribution in [3.8, 4) is 0 Å². The van der Waals surface area contributed by atoms with Crippen molar-refractivity contribution >= 4 is 32.1 Å². The van der Waals surface area contributed by atoms with E-state index in [0.717, 1.165) is 0 Å². The highest BCUT2D eigenvalue weighted by molar-refractivity contribution is 7.89. The summed E-state index contributed by atoms with van der Waals surface area (Å²) in [6.45, 7) is 3.64. The summed E-state index contributed by atoms with van der Waals surface area (Å²) in [6.07, 6.45) is 1.69. The summed E-state index contributed by atoms with van der Waals surface area (Å²) in [5.74, 6) is 5.63. The van der Waals surface area contributed by atoms with E-state index < -0.39 is 10.0 Å². The van der Waals surface area contributed by atoms with Gasteiger partial charge in [0.2, 0.25) is 5.03 Å². The van der Waals surface area contributed by atoms with Gasteiger partial charge >= 0.3 is 0 Å². The number of aromatic nitrogens is 2. The largest absolute Gasteiger partial charge is 0.306 e. The van der Waals surface area contributed by atoms with Crippen molar-refractivity contribution in [3.05, 3.63) is 11.6 Å². The van der Waals surface area contributed by atoms with Gasteiger partial charge in [-0.3, -0.25) is 4.40 Å². The van der Waals surface area contributed by atoms with E-state index in [0.29, 0.717) is 24.6 Å². The number of fused-ring (bicyclic) bond motifs is 1. The monoisotopic (exact) mass is 330 g/mol. The number of nitrogens with one attached hydrogen (secondary N) is 1. The molecule has 0 spiro atoms.